The molecule has 1 N–H and O–H groups in total. The summed E-state index contributed by atoms with van der Waals surface area (Å²) in [5, 5.41) is 14.1. The number of nitro groups is 1. The lowest BCUT2D eigenvalue weighted by molar-refractivity contribution is -0.384. The van der Waals surface area contributed by atoms with Crippen molar-refractivity contribution in [2.24, 2.45) is 0 Å². The quantitative estimate of drug-likeness (QED) is 0.167. The Bertz CT molecular complexity index is 1320. The summed E-state index contributed by atoms with van der Waals surface area (Å²) in [7, 11) is 0. The van der Waals surface area contributed by atoms with Crippen molar-refractivity contribution in [1.29, 1.82) is 0 Å². The van der Waals surface area contributed by atoms with Gasteiger partial charge >= 0.3 is 0 Å². The molecule has 0 fully saturated rings. The van der Waals surface area contributed by atoms with Crippen molar-refractivity contribution in [2.45, 2.75) is 43.1 Å². The Labute approximate surface area is 196 Å². The van der Waals surface area contributed by atoms with Gasteiger partial charge in [0.05, 0.1) is 26.3 Å². The number of hydrogen-bond donors (Lipinski definition) is 1. The van der Waals surface area contributed by atoms with Crippen LogP contribution in [0.5, 0.6) is 0 Å². The van der Waals surface area contributed by atoms with E-state index in [9.17, 15) is 19.7 Å². The minimum atomic E-state index is -0.603. The van der Waals surface area contributed by atoms with E-state index in [2.05, 4.69) is 11.9 Å². The smallest absolute Gasteiger partial charge is 0.271 e. The number of fused-ring (bicyclic) bond motifs is 3. The van der Waals surface area contributed by atoms with Crippen LogP contribution >= 0.6 is 34.7 Å². The maximum atomic E-state index is 13.2. The zero-order valence-electron chi connectivity index (χ0n) is 17.1. The first-order valence-corrected chi connectivity index (χ1v) is 11.9. The van der Waals surface area contributed by atoms with E-state index in [1.807, 2.05) is 0 Å². The topological polar surface area (TPSA) is 107 Å². The Kier molecular flexibility index (Phi) is 6.36. The lowest BCUT2D eigenvalue weighted by Gasteiger charge is -2.15. The summed E-state index contributed by atoms with van der Waals surface area (Å²) in [6.45, 7) is 5.73. The van der Waals surface area contributed by atoms with E-state index in [-0.39, 0.29) is 34.4 Å². The molecule has 1 aliphatic rings. The molecule has 8 nitrogen and oxygen atoms in total. The highest BCUT2D eigenvalue weighted by Crippen LogP contribution is 2.36. The number of benzene rings is 1. The van der Waals surface area contributed by atoms with Crippen molar-refractivity contribution in [2.75, 3.05) is 5.32 Å². The standard InChI is InChI=1S/C21H19ClN4O4S2/c1-3-9-25-20(28)17-13-5-4-6-16(13)32-19(17)24-21(25)31-11(2)18(27)23-15-8-7-12(26(29)30)10-14(15)22/h3,7-8,10-11H,1,4-6,9H2,2H3,(H,23,27)/t11-/m0/s1. The third-order valence-corrected chi connectivity index (χ3v) is 7.76. The summed E-state index contributed by atoms with van der Waals surface area (Å²) in [5.41, 5.74) is 1.11. The number of allylic oxidation sites excluding steroid dienone is 1. The first-order chi connectivity index (χ1) is 15.3. The number of nitrogens with one attached hydrogen (secondary N) is 1. The third-order valence-electron chi connectivity index (χ3n) is 5.17. The number of carbonyl (C=O) groups excluding carboxylic acids is 1. The first kappa shape index (κ1) is 22.5. The van der Waals surface area contributed by atoms with Crippen LogP contribution in [0.3, 0.4) is 0 Å². The second-order valence-corrected chi connectivity index (χ2v) is 10.1. The fourth-order valence-electron chi connectivity index (χ4n) is 3.60. The van der Waals surface area contributed by atoms with Crippen LogP contribution in [0.15, 0.2) is 40.8 Å². The molecule has 1 aromatic carbocycles. The summed E-state index contributed by atoms with van der Waals surface area (Å²) < 4.78 is 1.55. The number of nitrogens with zero attached hydrogens (tertiary/aromatic N) is 3. The van der Waals surface area contributed by atoms with Gasteiger partial charge in [-0.3, -0.25) is 24.3 Å². The third kappa shape index (κ3) is 4.17. The number of halogens is 1. The van der Waals surface area contributed by atoms with Gasteiger partial charge in [-0.1, -0.05) is 29.4 Å². The Balaban J connectivity index is 1.60. The fourth-order valence-corrected chi connectivity index (χ4v) is 6.05. The van der Waals surface area contributed by atoms with E-state index >= 15 is 0 Å². The normalized spacial score (nSPS) is 13.7. The Hall–Kier alpha value is -2.69. The minimum absolute atomic E-state index is 0.0703. The Morgan fingerprint density at radius 2 is 2.28 bits per heavy atom. The average molecular weight is 491 g/mol. The molecule has 0 spiro atoms. The van der Waals surface area contributed by atoms with Gasteiger partial charge in [-0.05, 0) is 37.8 Å². The van der Waals surface area contributed by atoms with Gasteiger partial charge in [-0.25, -0.2) is 4.98 Å². The molecule has 0 aliphatic heterocycles. The van der Waals surface area contributed by atoms with Gasteiger partial charge in [-0.15, -0.1) is 17.9 Å². The number of thioether (sulfide) groups is 1. The van der Waals surface area contributed by atoms with Crippen LogP contribution < -0.4 is 10.9 Å². The average Bonchev–Trinajstić information content (AvgIpc) is 3.32. The number of hydrogen-bond acceptors (Lipinski definition) is 7. The van der Waals surface area contributed by atoms with Gasteiger partial charge in [0.15, 0.2) is 5.16 Å². The molecule has 0 saturated heterocycles. The maximum absolute atomic E-state index is 13.2. The number of aryl methyl sites for hydroxylation is 2. The van der Waals surface area contributed by atoms with Gasteiger partial charge in [-0.2, -0.15) is 0 Å². The molecule has 0 unspecified atom stereocenters. The summed E-state index contributed by atoms with van der Waals surface area (Å²) in [4.78, 5) is 42.9. The molecular formula is C21H19ClN4O4S2. The molecule has 1 atom stereocenters. The molecule has 2 heterocycles. The first-order valence-electron chi connectivity index (χ1n) is 9.87. The van der Waals surface area contributed by atoms with E-state index in [0.717, 1.165) is 24.8 Å². The van der Waals surface area contributed by atoms with Gasteiger partial charge in [0.25, 0.3) is 11.2 Å². The van der Waals surface area contributed by atoms with Crippen LogP contribution in [-0.4, -0.2) is 25.6 Å². The molecule has 166 valence electrons. The van der Waals surface area contributed by atoms with Crippen LogP contribution in [0.4, 0.5) is 11.4 Å². The zero-order valence-corrected chi connectivity index (χ0v) is 19.5. The summed E-state index contributed by atoms with van der Waals surface area (Å²) in [6, 6.07) is 3.84. The molecule has 4 rings (SSSR count). The van der Waals surface area contributed by atoms with Gasteiger partial charge in [0, 0.05) is 23.6 Å². The molecule has 0 saturated carbocycles. The molecule has 0 radical (unpaired) electrons. The highest BCUT2D eigenvalue weighted by Gasteiger charge is 2.25. The highest BCUT2D eigenvalue weighted by molar-refractivity contribution is 8.00. The molecule has 3 aromatic rings. The number of non-ortho nitro benzene ring substituents is 1. The van der Waals surface area contributed by atoms with E-state index in [4.69, 9.17) is 16.6 Å². The van der Waals surface area contributed by atoms with Crippen molar-refractivity contribution >= 4 is 62.2 Å². The predicted octanol–water partition coefficient (Wildman–Crippen LogP) is 4.81. The van der Waals surface area contributed by atoms with Crippen LogP contribution in [0.25, 0.3) is 10.2 Å². The fraction of sp³-hybridized carbons (Fsp3) is 0.286. The van der Waals surface area contributed by atoms with Crippen LogP contribution in [0.1, 0.15) is 23.8 Å². The number of carbonyl (C=O) groups is 1. The molecule has 1 amide bonds. The largest absolute Gasteiger partial charge is 0.324 e. The number of aromatic nitrogens is 2. The van der Waals surface area contributed by atoms with Gasteiger partial charge < -0.3 is 5.32 Å². The molecule has 11 heteroatoms. The molecule has 2 aromatic heterocycles. The van der Waals surface area contributed by atoms with E-state index in [0.29, 0.717) is 15.4 Å². The number of rotatable bonds is 7. The lowest BCUT2D eigenvalue weighted by atomic mass is 10.2. The summed E-state index contributed by atoms with van der Waals surface area (Å²) in [5.74, 6) is -0.362. The van der Waals surface area contributed by atoms with Gasteiger partial charge in [0.2, 0.25) is 5.91 Å². The molecule has 32 heavy (non-hydrogen) atoms. The number of nitro benzene ring substituents is 1. The van der Waals surface area contributed by atoms with Crippen molar-refractivity contribution < 1.29 is 9.72 Å². The van der Waals surface area contributed by atoms with Gasteiger partial charge in [0.1, 0.15) is 4.83 Å². The SMILES string of the molecule is C=CCn1c(S[C@@H](C)C(=O)Nc2ccc([N+](=O)[O-])cc2Cl)nc2sc3c(c2c1=O)CCC3. The lowest BCUT2D eigenvalue weighted by Crippen LogP contribution is -2.27. The van der Waals surface area contributed by atoms with E-state index in [1.165, 1.54) is 34.8 Å². The van der Waals surface area contributed by atoms with Crippen molar-refractivity contribution in [3.63, 3.8) is 0 Å². The second kappa shape index (κ2) is 9.05. The number of thiophene rings is 1. The van der Waals surface area contributed by atoms with Crippen LogP contribution in [0.2, 0.25) is 5.02 Å². The van der Waals surface area contributed by atoms with E-state index < -0.39 is 10.2 Å². The van der Waals surface area contributed by atoms with Crippen LogP contribution in [-0.2, 0) is 24.2 Å². The molecule has 1 aliphatic carbocycles. The zero-order chi connectivity index (χ0) is 23.0. The number of amides is 1. The molecular weight excluding hydrogens is 472 g/mol. The Morgan fingerprint density at radius 1 is 1.50 bits per heavy atom. The highest BCUT2D eigenvalue weighted by atomic mass is 35.5. The molecule has 0 bridgehead atoms. The number of anilines is 1. The van der Waals surface area contributed by atoms with Crippen LogP contribution in [0, 0.1) is 10.1 Å². The minimum Gasteiger partial charge on any atom is -0.324 e. The predicted molar refractivity (Wildman–Crippen MR) is 128 cm³/mol. The van der Waals surface area contributed by atoms with Crippen molar-refractivity contribution in [1.82, 2.24) is 9.55 Å². The van der Waals surface area contributed by atoms with E-state index in [1.54, 1.807) is 28.9 Å². The summed E-state index contributed by atoms with van der Waals surface area (Å²) in [6.07, 6.45) is 4.54. The Morgan fingerprint density at radius 3 is 2.97 bits per heavy atom. The monoisotopic (exact) mass is 490 g/mol. The second-order valence-electron chi connectivity index (χ2n) is 7.31. The van der Waals surface area contributed by atoms with Crippen molar-refractivity contribution in [3.05, 3.63) is 66.8 Å². The van der Waals surface area contributed by atoms with Crippen molar-refractivity contribution in [3.8, 4) is 0 Å². The maximum Gasteiger partial charge on any atom is 0.271 e. The summed E-state index contributed by atoms with van der Waals surface area (Å²) >= 11 is 8.80.